The van der Waals surface area contributed by atoms with Gasteiger partial charge < -0.3 is 4.90 Å². The van der Waals surface area contributed by atoms with Gasteiger partial charge in [0.2, 0.25) is 0 Å². The summed E-state index contributed by atoms with van der Waals surface area (Å²) in [6.07, 6.45) is 3.16. The van der Waals surface area contributed by atoms with Gasteiger partial charge in [0, 0.05) is 19.2 Å². The summed E-state index contributed by atoms with van der Waals surface area (Å²) >= 11 is 0. The highest BCUT2D eigenvalue weighted by molar-refractivity contribution is 5.95. The fraction of sp³-hybridized carbons (Fsp3) is 0.455. The largest absolute Gasteiger partial charge is 0.339 e. The number of carbonyl (C=O) groups is 1. The van der Waals surface area contributed by atoms with Crippen molar-refractivity contribution in [1.29, 1.82) is 0 Å². The van der Waals surface area contributed by atoms with Crippen LogP contribution in [0, 0.1) is 17.0 Å². The number of likely N-dealkylation sites (tertiary alicyclic amines) is 1. The highest BCUT2D eigenvalue weighted by Gasteiger charge is 2.23. The molecule has 1 saturated heterocycles. The van der Waals surface area contributed by atoms with Crippen LogP contribution < -0.4 is 0 Å². The third-order valence-electron chi connectivity index (χ3n) is 2.91. The van der Waals surface area contributed by atoms with E-state index in [1.807, 2.05) is 0 Å². The van der Waals surface area contributed by atoms with E-state index in [4.69, 9.17) is 0 Å². The molecule has 2 heterocycles. The molecule has 0 unspecified atom stereocenters. The van der Waals surface area contributed by atoms with E-state index in [1.54, 1.807) is 11.8 Å². The highest BCUT2D eigenvalue weighted by Crippen LogP contribution is 2.18. The molecule has 2 rings (SSSR count). The summed E-state index contributed by atoms with van der Waals surface area (Å²) in [4.78, 5) is 27.8. The summed E-state index contributed by atoms with van der Waals surface area (Å²) in [5.74, 6) is -0.156. The van der Waals surface area contributed by atoms with Gasteiger partial charge in [-0.3, -0.25) is 19.9 Å². The van der Waals surface area contributed by atoms with E-state index in [0.29, 0.717) is 11.3 Å². The number of aryl methyl sites for hydroxylation is 1. The van der Waals surface area contributed by atoms with Crippen LogP contribution in [0.25, 0.3) is 0 Å². The molecule has 6 heteroatoms. The van der Waals surface area contributed by atoms with Gasteiger partial charge >= 0.3 is 0 Å². The minimum atomic E-state index is -0.535. The van der Waals surface area contributed by atoms with Gasteiger partial charge in [-0.1, -0.05) is 0 Å². The predicted molar refractivity (Wildman–Crippen MR) is 60.8 cm³/mol. The van der Waals surface area contributed by atoms with Crippen molar-refractivity contribution in [3.8, 4) is 0 Å². The molecule has 1 aliphatic rings. The lowest BCUT2D eigenvalue weighted by atomic mass is 10.1. The van der Waals surface area contributed by atoms with Crippen LogP contribution in [-0.2, 0) is 0 Å². The molecule has 1 fully saturated rings. The molecule has 1 aromatic heterocycles. The van der Waals surface area contributed by atoms with E-state index < -0.39 is 4.92 Å². The van der Waals surface area contributed by atoms with Gasteiger partial charge in [0.05, 0.1) is 16.2 Å². The number of pyridine rings is 1. The average molecular weight is 235 g/mol. The number of carbonyl (C=O) groups excluding carboxylic acids is 1. The van der Waals surface area contributed by atoms with E-state index in [0.717, 1.165) is 25.9 Å². The summed E-state index contributed by atoms with van der Waals surface area (Å²) in [5.41, 5.74) is 0.728. The van der Waals surface area contributed by atoms with Gasteiger partial charge in [-0.05, 0) is 19.8 Å². The molecule has 1 aliphatic heterocycles. The molecule has 0 N–H and O–H groups in total. The first-order chi connectivity index (χ1) is 8.09. The summed E-state index contributed by atoms with van der Waals surface area (Å²) < 4.78 is 0. The first-order valence-electron chi connectivity index (χ1n) is 5.50. The Bertz CT molecular complexity index is 467. The molecule has 90 valence electrons. The number of amides is 1. The minimum Gasteiger partial charge on any atom is -0.339 e. The third-order valence-corrected chi connectivity index (χ3v) is 2.91. The van der Waals surface area contributed by atoms with Gasteiger partial charge in [-0.25, -0.2) is 0 Å². The fourth-order valence-electron chi connectivity index (χ4n) is 1.93. The van der Waals surface area contributed by atoms with Crippen molar-refractivity contribution in [1.82, 2.24) is 9.88 Å². The lowest BCUT2D eigenvalue weighted by molar-refractivity contribution is -0.385. The molecule has 0 bridgehead atoms. The zero-order valence-corrected chi connectivity index (χ0v) is 9.55. The van der Waals surface area contributed by atoms with Crippen LogP contribution in [-0.4, -0.2) is 33.8 Å². The zero-order valence-electron chi connectivity index (χ0n) is 9.55. The quantitative estimate of drug-likeness (QED) is 0.575. The van der Waals surface area contributed by atoms with E-state index in [1.165, 1.54) is 12.3 Å². The lowest BCUT2D eigenvalue weighted by Crippen LogP contribution is -2.28. The Labute approximate surface area is 98.4 Å². The van der Waals surface area contributed by atoms with Crippen LogP contribution in [0.4, 0.5) is 5.69 Å². The van der Waals surface area contributed by atoms with Crippen LogP contribution in [0.1, 0.15) is 28.9 Å². The number of nitro groups is 1. The van der Waals surface area contributed by atoms with Crippen molar-refractivity contribution in [3.05, 3.63) is 33.6 Å². The second-order valence-electron chi connectivity index (χ2n) is 4.08. The van der Waals surface area contributed by atoms with Gasteiger partial charge in [0.1, 0.15) is 6.20 Å². The molecule has 17 heavy (non-hydrogen) atoms. The smallest absolute Gasteiger partial charge is 0.288 e. The molecule has 1 amide bonds. The monoisotopic (exact) mass is 235 g/mol. The van der Waals surface area contributed by atoms with Crippen molar-refractivity contribution in [3.63, 3.8) is 0 Å². The van der Waals surface area contributed by atoms with Crippen molar-refractivity contribution in [2.75, 3.05) is 13.1 Å². The molecule has 0 atom stereocenters. The van der Waals surface area contributed by atoms with E-state index in [-0.39, 0.29) is 11.6 Å². The Hall–Kier alpha value is -1.98. The molecule has 0 saturated carbocycles. The zero-order chi connectivity index (χ0) is 12.4. The topological polar surface area (TPSA) is 76.3 Å². The van der Waals surface area contributed by atoms with E-state index >= 15 is 0 Å². The molecule has 0 aromatic carbocycles. The fourth-order valence-corrected chi connectivity index (χ4v) is 1.93. The van der Waals surface area contributed by atoms with Crippen molar-refractivity contribution in [2.24, 2.45) is 0 Å². The second-order valence-corrected chi connectivity index (χ2v) is 4.08. The standard InChI is InChI=1S/C11H13N3O3/c1-8-10(6-9(7-12-8)14(16)17)11(15)13-4-2-3-5-13/h6-7H,2-5H2,1H3. The average Bonchev–Trinajstić information content (AvgIpc) is 2.81. The maximum atomic E-state index is 12.1. The Balaban J connectivity index is 2.32. The van der Waals surface area contributed by atoms with Crippen LogP contribution in [0.15, 0.2) is 12.3 Å². The van der Waals surface area contributed by atoms with Crippen molar-refractivity contribution < 1.29 is 9.72 Å². The van der Waals surface area contributed by atoms with Crippen LogP contribution in [0.5, 0.6) is 0 Å². The molecular weight excluding hydrogens is 222 g/mol. The van der Waals surface area contributed by atoms with Gasteiger partial charge in [0.15, 0.2) is 0 Å². The van der Waals surface area contributed by atoms with E-state index in [2.05, 4.69) is 4.98 Å². The highest BCUT2D eigenvalue weighted by atomic mass is 16.6. The predicted octanol–water partition coefficient (Wildman–Crippen LogP) is 1.53. The third kappa shape index (κ3) is 2.25. The van der Waals surface area contributed by atoms with Crippen molar-refractivity contribution in [2.45, 2.75) is 19.8 Å². The SMILES string of the molecule is Cc1ncc([N+](=O)[O-])cc1C(=O)N1CCCC1. The molecule has 0 spiro atoms. The Morgan fingerprint density at radius 1 is 1.47 bits per heavy atom. The number of hydrogen-bond donors (Lipinski definition) is 0. The Morgan fingerprint density at radius 2 is 2.12 bits per heavy atom. The second kappa shape index (κ2) is 4.48. The summed E-state index contributed by atoms with van der Waals surface area (Å²) in [5, 5.41) is 10.6. The molecule has 0 aliphatic carbocycles. The van der Waals surface area contributed by atoms with Crippen LogP contribution in [0.2, 0.25) is 0 Å². The minimum absolute atomic E-state index is 0.141. The molecule has 0 radical (unpaired) electrons. The molecule has 6 nitrogen and oxygen atoms in total. The summed E-state index contributed by atoms with van der Waals surface area (Å²) in [6, 6.07) is 1.31. The first kappa shape index (κ1) is 11.5. The lowest BCUT2D eigenvalue weighted by Gasteiger charge is -2.15. The maximum Gasteiger partial charge on any atom is 0.288 e. The summed E-state index contributed by atoms with van der Waals surface area (Å²) in [6.45, 7) is 3.13. The maximum absolute atomic E-state index is 12.1. The summed E-state index contributed by atoms with van der Waals surface area (Å²) in [7, 11) is 0. The number of hydrogen-bond acceptors (Lipinski definition) is 4. The number of nitrogens with zero attached hydrogens (tertiary/aromatic N) is 3. The van der Waals surface area contributed by atoms with Crippen LogP contribution in [0.3, 0.4) is 0 Å². The Kier molecular flexibility index (Phi) is 3.03. The van der Waals surface area contributed by atoms with E-state index in [9.17, 15) is 14.9 Å². The van der Waals surface area contributed by atoms with Gasteiger partial charge in [0.25, 0.3) is 11.6 Å². The molecule has 1 aromatic rings. The van der Waals surface area contributed by atoms with Gasteiger partial charge in [-0.2, -0.15) is 0 Å². The van der Waals surface area contributed by atoms with Gasteiger partial charge in [-0.15, -0.1) is 0 Å². The Morgan fingerprint density at radius 3 is 2.71 bits per heavy atom. The molecular formula is C11H13N3O3. The van der Waals surface area contributed by atoms with Crippen molar-refractivity contribution >= 4 is 11.6 Å². The number of rotatable bonds is 2. The number of aromatic nitrogens is 1. The first-order valence-corrected chi connectivity index (χ1v) is 5.50. The normalized spacial score (nSPS) is 15.0. The van der Waals surface area contributed by atoms with Crippen LogP contribution >= 0.6 is 0 Å².